The Morgan fingerprint density at radius 3 is 2.09 bits per heavy atom. The van der Waals surface area contributed by atoms with Crippen LogP contribution in [0.3, 0.4) is 0 Å². The summed E-state index contributed by atoms with van der Waals surface area (Å²) in [5.74, 6) is 0.00438. The highest BCUT2D eigenvalue weighted by molar-refractivity contribution is 6.08. The second-order valence-corrected chi connectivity index (χ2v) is 6.97. The van der Waals surface area contributed by atoms with E-state index in [1.165, 1.54) is 0 Å². The predicted molar refractivity (Wildman–Crippen MR) is 80.5 cm³/mol. The van der Waals surface area contributed by atoms with Gasteiger partial charge in [0.2, 0.25) is 0 Å². The maximum atomic E-state index is 12.7. The van der Waals surface area contributed by atoms with E-state index in [2.05, 4.69) is 17.6 Å². The number of allylic oxidation sites excluding steroid dienone is 2. The van der Waals surface area contributed by atoms with Crippen LogP contribution in [-0.4, -0.2) is 22.7 Å². The first-order valence-electron chi connectivity index (χ1n) is 8.09. The fourth-order valence-corrected chi connectivity index (χ4v) is 4.82. The summed E-state index contributed by atoms with van der Waals surface area (Å²) in [5.41, 5.74) is 2.95. The standard InChI is InChI=1S/C18H16N2O3/c21-16(9-4-2-1-3-5-9)19-20-17(22)14-10-6-7-11(13-8-12(10)13)15(14)18(20)23/h1-7,10-15H,8H2,(H,19,21)/t10-,11-,12-,13+,14+,15+/m1/s1. The van der Waals surface area contributed by atoms with E-state index in [4.69, 9.17) is 0 Å². The molecule has 5 heteroatoms. The average molecular weight is 308 g/mol. The Bertz CT molecular complexity index is 721. The van der Waals surface area contributed by atoms with Crippen molar-refractivity contribution in [3.05, 3.63) is 48.0 Å². The summed E-state index contributed by atoms with van der Waals surface area (Å²) in [6, 6.07) is 8.63. The summed E-state index contributed by atoms with van der Waals surface area (Å²) >= 11 is 0. The molecule has 3 fully saturated rings. The Hall–Kier alpha value is -2.43. The number of hydrogen-bond donors (Lipinski definition) is 1. The van der Waals surface area contributed by atoms with Gasteiger partial charge in [-0.05, 0) is 42.2 Å². The molecule has 5 aliphatic rings. The molecule has 0 aromatic heterocycles. The molecular formula is C18H16N2O3. The van der Waals surface area contributed by atoms with Crippen LogP contribution < -0.4 is 5.43 Å². The van der Waals surface area contributed by atoms with E-state index in [9.17, 15) is 14.4 Å². The summed E-state index contributed by atoms with van der Waals surface area (Å²) in [6.45, 7) is 0. The number of hydrazine groups is 1. The van der Waals surface area contributed by atoms with Crippen LogP contribution in [-0.2, 0) is 9.59 Å². The van der Waals surface area contributed by atoms with Crippen LogP contribution in [0.25, 0.3) is 0 Å². The molecule has 1 heterocycles. The van der Waals surface area contributed by atoms with Crippen molar-refractivity contribution in [2.45, 2.75) is 6.42 Å². The lowest BCUT2D eigenvalue weighted by Gasteiger charge is -2.37. The van der Waals surface area contributed by atoms with Crippen LogP contribution in [0.1, 0.15) is 16.8 Å². The third-order valence-corrected chi connectivity index (χ3v) is 5.91. The van der Waals surface area contributed by atoms with Crippen molar-refractivity contribution in [1.82, 2.24) is 10.4 Å². The molecule has 23 heavy (non-hydrogen) atoms. The lowest BCUT2D eigenvalue weighted by atomic mass is 9.63. The smallest absolute Gasteiger partial charge is 0.270 e. The highest BCUT2D eigenvalue weighted by Gasteiger charge is 2.67. The number of rotatable bonds is 2. The molecule has 2 saturated carbocycles. The Morgan fingerprint density at radius 1 is 0.957 bits per heavy atom. The van der Waals surface area contributed by atoms with Crippen molar-refractivity contribution in [3.63, 3.8) is 0 Å². The van der Waals surface area contributed by atoms with Gasteiger partial charge in [0.25, 0.3) is 17.7 Å². The highest BCUT2D eigenvalue weighted by atomic mass is 16.2. The van der Waals surface area contributed by atoms with Crippen molar-refractivity contribution < 1.29 is 14.4 Å². The minimum atomic E-state index is -0.420. The molecule has 4 aliphatic carbocycles. The molecule has 1 aliphatic heterocycles. The summed E-state index contributed by atoms with van der Waals surface area (Å²) in [4.78, 5) is 37.7. The second-order valence-electron chi connectivity index (χ2n) is 6.97. The summed E-state index contributed by atoms with van der Waals surface area (Å²) in [5, 5.41) is 0.975. The molecule has 1 aromatic rings. The van der Waals surface area contributed by atoms with Crippen molar-refractivity contribution in [2.75, 3.05) is 0 Å². The van der Waals surface area contributed by atoms with Gasteiger partial charge in [0, 0.05) is 5.56 Å². The Kier molecular flexibility index (Phi) is 2.45. The van der Waals surface area contributed by atoms with Gasteiger partial charge in [0.1, 0.15) is 0 Å². The number of carbonyl (C=O) groups is 3. The van der Waals surface area contributed by atoms with Crippen molar-refractivity contribution in [2.24, 2.45) is 35.5 Å². The fraction of sp³-hybridized carbons (Fsp3) is 0.389. The molecule has 0 radical (unpaired) electrons. The molecule has 116 valence electrons. The van der Waals surface area contributed by atoms with E-state index in [1.54, 1.807) is 24.3 Å². The molecule has 6 atom stereocenters. The molecule has 3 amide bonds. The lowest BCUT2D eigenvalue weighted by molar-refractivity contribution is -0.143. The van der Waals surface area contributed by atoms with Crippen LogP contribution in [0.15, 0.2) is 42.5 Å². The number of nitrogens with zero attached hydrogens (tertiary/aromatic N) is 1. The van der Waals surface area contributed by atoms with Gasteiger partial charge in [-0.1, -0.05) is 30.4 Å². The molecular weight excluding hydrogens is 292 g/mol. The Morgan fingerprint density at radius 2 is 1.52 bits per heavy atom. The quantitative estimate of drug-likeness (QED) is 0.663. The van der Waals surface area contributed by atoms with Crippen molar-refractivity contribution in [3.8, 4) is 0 Å². The molecule has 5 nitrogen and oxygen atoms in total. The molecule has 1 N–H and O–H groups in total. The van der Waals surface area contributed by atoms with Crippen LogP contribution in [0, 0.1) is 35.5 Å². The van der Waals surface area contributed by atoms with Crippen LogP contribution >= 0.6 is 0 Å². The normalized spacial score (nSPS) is 39.2. The minimum Gasteiger partial charge on any atom is -0.272 e. The maximum Gasteiger partial charge on any atom is 0.270 e. The first kappa shape index (κ1) is 13.0. The van der Waals surface area contributed by atoms with Gasteiger partial charge in [0.05, 0.1) is 11.8 Å². The number of nitrogens with one attached hydrogen (secondary N) is 1. The topological polar surface area (TPSA) is 66.5 Å². The van der Waals surface area contributed by atoms with Crippen molar-refractivity contribution in [1.29, 1.82) is 0 Å². The van der Waals surface area contributed by atoms with Crippen LogP contribution in [0.5, 0.6) is 0 Å². The van der Waals surface area contributed by atoms with Gasteiger partial charge in [-0.3, -0.25) is 19.8 Å². The number of benzene rings is 1. The summed E-state index contributed by atoms with van der Waals surface area (Å²) in [6.07, 6.45) is 5.37. The minimum absolute atomic E-state index is 0.171. The first-order chi connectivity index (χ1) is 11.2. The average Bonchev–Trinajstić information content (AvgIpc) is 3.37. The zero-order valence-electron chi connectivity index (χ0n) is 12.4. The maximum absolute atomic E-state index is 12.7. The van der Waals surface area contributed by atoms with Gasteiger partial charge >= 0.3 is 0 Å². The van der Waals surface area contributed by atoms with E-state index >= 15 is 0 Å². The fourth-order valence-electron chi connectivity index (χ4n) is 4.82. The van der Waals surface area contributed by atoms with Gasteiger partial charge in [-0.2, -0.15) is 5.01 Å². The molecule has 0 spiro atoms. The molecule has 2 bridgehead atoms. The second kappa shape index (κ2) is 4.31. The SMILES string of the molecule is O=C(NN1C(=O)[C@H]2[C@@H]3C=C[C@H]([C@@H]4C[C@H]34)[C@@H]2C1=O)c1ccccc1. The van der Waals surface area contributed by atoms with Gasteiger partial charge < -0.3 is 0 Å². The number of hydrogen-bond acceptors (Lipinski definition) is 3. The monoisotopic (exact) mass is 308 g/mol. The zero-order chi connectivity index (χ0) is 15.7. The Balaban J connectivity index is 1.42. The predicted octanol–water partition coefficient (Wildman–Crippen LogP) is 1.38. The van der Waals surface area contributed by atoms with Gasteiger partial charge in [-0.15, -0.1) is 0 Å². The molecule has 0 unspecified atom stereocenters. The van der Waals surface area contributed by atoms with Crippen molar-refractivity contribution >= 4 is 17.7 Å². The largest absolute Gasteiger partial charge is 0.272 e. The first-order valence-corrected chi connectivity index (χ1v) is 8.09. The third-order valence-electron chi connectivity index (χ3n) is 5.91. The summed E-state index contributed by atoms with van der Waals surface area (Å²) < 4.78 is 0. The zero-order valence-corrected chi connectivity index (χ0v) is 12.4. The lowest BCUT2D eigenvalue weighted by Crippen LogP contribution is -2.46. The van der Waals surface area contributed by atoms with Gasteiger partial charge in [-0.25, -0.2) is 0 Å². The van der Waals surface area contributed by atoms with E-state index in [0.717, 1.165) is 11.4 Å². The molecule has 1 saturated heterocycles. The Labute approximate surface area is 133 Å². The summed E-state index contributed by atoms with van der Waals surface area (Å²) in [7, 11) is 0. The van der Waals surface area contributed by atoms with E-state index < -0.39 is 5.91 Å². The third kappa shape index (κ3) is 1.65. The number of imide groups is 1. The number of amides is 3. The van der Waals surface area contributed by atoms with E-state index in [-0.39, 0.29) is 35.5 Å². The molecule has 1 aromatic carbocycles. The number of carbonyl (C=O) groups excluding carboxylic acids is 3. The van der Waals surface area contributed by atoms with Crippen LogP contribution in [0.4, 0.5) is 0 Å². The van der Waals surface area contributed by atoms with E-state index in [0.29, 0.717) is 17.4 Å². The molecule has 6 rings (SSSR count). The van der Waals surface area contributed by atoms with Gasteiger partial charge in [0.15, 0.2) is 0 Å². The van der Waals surface area contributed by atoms with E-state index in [1.807, 2.05) is 6.07 Å². The van der Waals surface area contributed by atoms with Crippen LogP contribution in [0.2, 0.25) is 0 Å². The highest BCUT2D eigenvalue weighted by Crippen LogP contribution is 2.65.